The lowest BCUT2D eigenvalue weighted by Gasteiger charge is -2.16. The van der Waals surface area contributed by atoms with Crippen molar-refractivity contribution in [2.45, 2.75) is 19.6 Å². The van der Waals surface area contributed by atoms with Gasteiger partial charge in [0.05, 0.1) is 25.4 Å². The Morgan fingerprint density at radius 1 is 1.19 bits per heavy atom. The highest BCUT2D eigenvalue weighted by molar-refractivity contribution is 7.17. The second-order valence-corrected chi connectivity index (χ2v) is 8.13. The average Bonchev–Trinajstić information content (AvgIpc) is 3.26. The number of methoxy groups -OCH3 is 1. The van der Waals surface area contributed by atoms with Crippen molar-refractivity contribution in [3.8, 4) is 22.6 Å². The number of allylic oxidation sites excluding steroid dienone is 1. The molecule has 0 spiro atoms. The van der Waals surface area contributed by atoms with Crippen molar-refractivity contribution < 1.29 is 14.6 Å². The predicted octanol–water partition coefficient (Wildman–Crippen LogP) is 4.61. The van der Waals surface area contributed by atoms with Gasteiger partial charge in [-0.1, -0.05) is 48.6 Å². The molecule has 7 heteroatoms. The van der Waals surface area contributed by atoms with Crippen LogP contribution in [0.15, 0.2) is 71.1 Å². The smallest absolute Gasteiger partial charge is 0.262 e. The summed E-state index contributed by atoms with van der Waals surface area (Å²) in [6, 6.07) is 15.3. The fraction of sp³-hybridized carbons (Fsp3) is 0.200. The van der Waals surface area contributed by atoms with Gasteiger partial charge in [0, 0.05) is 10.9 Å². The monoisotopic (exact) mass is 448 g/mol. The molecule has 4 aromatic rings. The van der Waals surface area contributed by atoms with E-state index < -0.39 is 6.10 Å². The fourth-order valence-electron chi connectivity index (χ4n) is 3.49. The Labute approximate surface area is 190 Å². The molecular formula is C25H24N2O4S. The van der Waals surface area contributed by atoms with Crippen LogP contribution in [0.5, 0.6) is 11.5 Å². The van der Waals surface area contributed by atoms with E-state index in [2.05, 4.69) is 4.98 Å². The first kappa shape index (κ1) is 21.8. The Bertz CT molecular complexity index is 1290. The van der Waals surface area contributed by atoms with Gasteiger partial charge in [-0.2, -0.15) is 0 Å². The summed E-state index contributed by atoms with van der Waals surface area (Å²) in [6.07, 6.45) is 4.49. The van der Waals surface area contributed by atoms with Crippen LogP contribution in [0, 0.1) is 0 Å². The molecule has 0 fully saturated rings. The van der Waals surface area contributed by atoms with E-state index in [1.54, 1.807) is 13.2 Å². The number of aromatic nitrogens is 2. The SMILES string of the molecule is C/C=C/c1ccc(OCC(O)Cn2cnc3scc(-c4ccccc4)c3c2=O)c(OC)c1. The van der Waals surface area contributed by atoms with E-state index in [4.69, 9.17) is 9.47 Å². The topological polar surface area (TPSA) is 73.6 Å². The maximum absolute atomic E-state index is 13.1. The first-order chi connectivity index (χ1) is 15.6. The van der Waals surface area contributed by atoms with Crippen molar-refractivity contribution in [1.82, 2.24) is 9.55 Å². The number of aliphatic hydroxyl groups is 1. The van der Waals surface area contributed by atoms with Crippen LogP contribution in [0.4, 0.5) is 0 Å². The Hall–Kier alpha value is -3.42. The van der Waals surface area contributed by atoms with Crippen LogP contribution >= 0.6 is 11.3 Å². The van der Waals surface area contributed by atoms with Gasteiger partial charge >= 0.3 is 0 Å². The Morgan fingerprint density at radius 3 is 2.75 bits per heavy atom. The molecule has 0 saturated heterocycles. The number of ether oxygens (including phenoxy) is 2. The standard InChI is InChI=1S/C25H24N2O4S/c1-3-7-17-10-11-21(22(12-17)30-2)31-14-19(28)13-27-16-26-24-23(25(27)29)20(15-32-24)18-8-5-4-6-9-18/h3-12,15-16,19,28H,13-14H2,1-2H3/b7-3+. The zero-order chi connectivity index (χ0) is 22.5. The zero-order valence-electron chi connectivity index (χ0n) is 17.9. The highest BCUT2D eigenvalue weighted by Gasteiger charge is 2.16. The molecule has 0 aliphatic carbocycles. The minimum atomic E-state index is -0.898. The van der Waals surface area contributed by atoms with Crippen LogP contribution in [-0.2, 0) is 6.54 Å². The maximum Gasteiger partial charge on any atom is 0.262 e. The summed E-state index contributed by atoms with van der Waals surface area (Å²) < 4.78 is 12.6. The van der Waals surface area contributed by atoms with Crippen molar-refractivity contribution in [3.63, 3.8) is 0 Å². The molecule has 6 nitrogen and oxygen atoms in total. The van der Waals surface area contributed by atoms with Crippen LogP contribution in [0.25, 0.3) is 27.4 Å². The Balaban J connectivity index is 1.51. The fourth-order valence-corrected chi connectivity index (χ4v) is 4.40. The maximum atomic E-state index is 13.1. The predicted molar refractivity (Wildman–Crippen MR) is 129 cm³/mol. The summed E-state index contributed by atoms with van der Waals surface area (Å²) in [5.74, 6) is 1.11. The summed E-state index contributed by atoms with van der Waals surface area (Å²) in [5.41, 5.74) is 2.64. The minimum absolute atomic E-state index is 0.0129. The Kier molecular flexibility index (Phi) is 6.68. The van der Waals surface area contributed by atoms with E-state index >= 15 is 0 Å². The summed E-state index contributed by atoms with van der Waals surface area (Å²) >= 11 is 1.44. The molecule has 0 amide bonds. The molecule has 0 bridgehead atoms. The number of aliphatic hydroxyl groups excluding tert-OH is 1. The molecule has 1 unspecified atom stereocenters. The first-order valence-corrected chi connectivity index (χ1v) is 11.1. The lowest BCUT2D eigenvalue weighted by molar-refractivity contribution is 0.0900. The lowest BCUT2D eigenvalue weighted by atomic mass is 10.1. The third kappa shape index (κ3) is 4.59. The Morgan fingerprint density at radius 2 is 2.00 bits per heavy atom. The van der Waals surface area contributed by atoms with Gasteiger partial charge in [-0.25, -0.2) is 4.98 Å². The minimum Gasteiger partial charge on any atom is -0.493 e. The summed E-state index contributed by atoms with van der Waals surface area (Å²) in [4.78, 5) is 18.2. The molecule has 0 aliphatic heterocycles. The third-order valence-corrected chi connectivity index (χ3v) is 5.92. The van der Waals surface area contributed by atoms with Crippen molar-refractivity contribution in [2.24, 2.45) is 0 Å². The number of nitrogens with zero attached hydrogens (tertiary/aromatic N) is 2. The average molecular weight is 449 g/mol. The summed E-state index contributed by atoms with van der Waals surface area (Å²) in [7, 11) is 1.57. The van der Waals surface area contributed by atoms with Gasteiger partial charge in [0.25, 0.3) is 5.56 Å². The molecule has 0 saturated carbocycles. The number of hydrogen-bond donors (Lipinski definition) is 1. The van der Waals surface area contributed by atoms with Crippen molar-refractivity contribution in [1.29, 1.82) is 0 Å². The van der Waals surface area contributed by atoms with Gasteiger partial charge in [0.2, 0.25) is 0 Å². The molecule has 2 aromatic carbocycles. The largest absolute Gasteiger partial charge is 0.493 e. The highest BCUT2D eigenvalue weighted by Crippen LogP contribution is 2.31. The highest BCUT2D eigenvalue weighted by atomic mass is 32.1. The molecule has 164 valence electrons. The van der Waals surface area contributed by atoms with Gasteiger partial charge in [-0.15, -0.1) is 11.3 Å². The molecule has 0 aliphatic rings. The molecule has 1 atom stereocenters. The number of fused-ring (bicyclic) bond motifs is 1. The van der Waals surface area contributed by atoms with Gasteiger partial charge in [-0.05, 0) is 30.2 Å². The van der Waals surface area contributed by atoms with Crippen LogP contribution in [0.2, 0.25) is 0 Å². The van der Waals surface area contributed by atoms with Crippen LogP contribution in [0.3, 0.4) is 0 Å². The van der Waals surface area contributed by atoms with E-state index in [1.165, 1.54) is 22.2 Å². The first-order valence-electron chi connectivity index (χ1n) is 10.2. The number of benzene rings is 2. The quantitative estimate of drug-likeness (QED) is 0.426. The lowest BCUT2D eigenvalue weighted by Crippen LogP contribution is -2.30. The van der Waals surface area contributed by atoms with Crippen LogP contribution in [-0.4, -0.2) is 34.5 Å². The molecule has 4 rings (SSSR count). The van der Waals surface area contributed by atoms with Crippen LogP contribution in [0.1, 0.15) is 12.5 Å². The summed E-state index contributed by atoms with van der Waals surface area (Å²) in [6.45, 7) is 2.03. The van der Waals surface area contributed by atoms with Crippen molar-refractivity contribution in [3.05, 3.63) is 82.2 Å². The van der Waals surface area contributed by atoms with E-state index in [0.29, 0.717) is 21.7 Å². The van der Waals surface area contributed by atoms with Gasteiger partial charge in [-0.3, -0.25) is 9.36 Å². The third-order valence-electron chi connectivity index (χ3n) is 5.03. The molecule has 32 heavy (non-hydrogen) atoms. The van der Waals surface area contributed by atoms with E-state index in [1.807, 2.05) is 66.9 Å². The molecule has 1 N–H and O–H groups in total. The molecule has 0 radical (unpaired) electrons. The second kappa shape index (κ2) is 9.80. The number of rotatable bonds is 8. The molecular weight excluding hydrogens is 424 g/mol. The molecule has 2 aromatic heterocycles. The van der Waals surface area contributed by atoms with Gasteiger partial charge in [0.15, 0.2) is 11.5 Å². The summed E-state index contributed by atoms with van der Waals surface area (Å²) in [5, 5.41) is 13.1. The normalized spacial score (nSPS) is 12.3. The zero-order valence-corrected chi connectivity index (χ0v) is 18.7. The number of hydrogen-bond acceptors (Lipinski definition) is 6. The van der Waals surface area contributed by atoms with Gasteiger partial charge < -0.3 is 14.6 Å². The van der Waals surface area contributed by atoms with Gasteiger partial charge in [0.1, 0.15) is 17.5 Å². The van der Waals surface area contributed by atoms with Crippen LogP contribution < -0.4 is 15.0 Å². The van der Waals surface area contributed by atoms with Crippen molar-refractivity contribution >= 4 is 27.6 Å². The number of thiophene rings is 1. The molecule has 2 heterocycles. The van der Waals surface area contributed by atoms with Crippen molar-refractivity contribution in [2.75, 3.05) is 13.7 Å². The van der Waals surface area contributed by atoms with E-state index in [-0.39, 0.29) is 18.7 Å². The second-order valence-electron chi connectivity index (χ2n) is 7.27. The van der Waals surface area contributed by atoms with E-state index in [9.17, 15) is 9.90 Å². The van der Waals surface area contributed by atoms with E-state index in [0.717, 1.165) is 16.7 Å².